The van der Waals surface area contributed by atoms with Gasteiger partial charge in [-0.1, -0.05) is 28.1 Å². The summed E-state index contributed by atoms with van der Waals surface area (Å²) in [6.45, 7) is 0. The van der Waals surface area contributed by atoms with Crippen molar-refractivity contribution < 1.29 is 0 Å². The largest absolute Gasteiger partial charge is 0.373 e. The maximum absolute atomic E-state index is 4.38. The van der Waals surface area contributed by atoms with Crippen LogP contribution >= 0.6 is 15.9 Å². The Bertz CT molecular complexity index is 485. The molecule has 1 heterocycles. The molecule has 0 atom stereocenters. The van der Waals surface area contributed by atoms with E-state index < -0.39 is 0 Å². The average Bonchev–Trinajstić information content (AvgIpc) is 2.29. The van der Waals surface area contributed by atoms with Crippen molar-refractivity contribution in [2.24, 2.45) is 0 Å². The second kappa shape index (κ2) is 5.07. The molecule has 0 aliphatic carbocycles. The van der Waals surface area contributed by atoms with Crippen LogP contribution in [0.2, 0.25) is 0 Å². The first-order valence-electron chi connectivity index (χ1n) is 5.02. The van der Waals surface area contributed by atoms with Crippen LogP contribution in [-0.2, 0) is 6.42 Å². The quantitative estimate of drug-likeness (QED) is 0.938. The fourth-order valence-corrected chi connectivity index (χ4v) is 1.90. The summed E-state index contributed by atoms with van der Waals surface area (Å²) in [7, 11) is 1.85. The number of hydrogen-bond acceptors (Lipinski definition) is 3. The van der Waals surface area contributed by atoms with E-state index in [1.165, 1.54) is 5.56 Å². The molecule has 0 fully saturated rings. The maximum atomic E-state index is 4.38. The van der Waals surface area contributed by atoms with E-state index in [9.17, 15) is 0 Å². The van der Waals surface area contributed by atoms with Crippen LogP contribution in [0.5, 0.6) is 0 Å². The molecule has 0 aliphatic heterocycles. The van der Waals surface area contributed by atoms with Gasteiger partial charge in [-0.2, -0.15) is 0 Å². The van der Waals surface area contributed by atoms with Crippen molar-refractivity contribution in [3.8, 4) is 0 Å². The topological polar surface area (TPSA) is 37.8 Å². The van der Waals surface area contributed by atoms with Crippen molar-refractivity contribution in [2.45, 2.75) is 6.42 Å². The van der Waals surface area contributed by atoms with Gasteiger partial charge in [-0.3, -0.25) is 0 Å². The Kier molecular flexibility index (Phi) is 3.51. The van der Waals surface area contributed by atoms with Crippen molar-refractivity contribution in [1.82, 2.24) is 9.97 Å². The Balaban J connectivity index is 2.20. The lowest BCUT2D eigenvalue weighted by atomic mass is 10.1. The lowest BCUT2D eigenvalue weighted by molar-refractivity contribution is 0.969. The summed E-state index contributed by atoms with van der Waals surface area (Å²) in [4.78, 5) is 8.62. The Morgan fingerprint density at radius 1 is 1.31 bits per heavy atom. The second-order valence-corrected chi connectivity index (χ2v) is 4.33. The summed E-state index contributed by atoms with van der Waals surface area (Å²) in [5.74, 6) is 1.67. The normalized spacial score (nSPS) is 10.1. The molecule has 2 rings (SSSR count). The van der Waals surface area contributed by atoms with Gasteiger partial charge in [0.2, 0.25) is 0 Å². The number of rotatable bonds is 3. The molecule has 0 bridgehead atoms. The first kappa shape index (κ1) is 11.1. The zero-order valence-corrected chi connectivity index (χ0v) is 10.5. The van der Waals surface area contributed by atoms with Crippen LogP contribution in [-0.4, -0.2) is 17.0 Å². The van der Waals surface area contributed by atoms with Gasteiger partial charge in [0, 0.05) is 24.1 Å². The number of anilines is 1. The summed E-state index contributed by atoms with van der Waals surface area (Å²) >= 11 is 3.45. The lowest BCUT2D eigenvalue weighted by Crippen LogP contribution is -2.00. The van der Waals surface area contributed by atoms with Crippen LogP contribution < -0.4 is 5.32 Å². The molecule has 1 aromatic carbocycles. The molecule has 0 saturated heterocycles. The molecule has 16 heavy (non-hydrogen) atoms. The molecule has 0 unspecified atom stereocenters. The highest BCUT2D eigenvalue weighted by molar-refractivity contribution is 9.10. The maximum Gasteiger partial charge on any atom is 0.135 e. The zero-order chi connectivity index (χ0) is 11.4. The minimum atomic E-state index is 0.745. The first-order valence-corrected chi connectivity index (χ1v) is 5.81. The number of aromatic nitrogens is 2. The summed E-state index contributed by atoms with van der Waals surface area (Å²) < 4.78 is 1.08. The molecule has 1 N–H and O–H groups in total. The van der Waals surface area contributed by atoms with Crippen LogP contribution in [0.15, 0.2) is 41.0 Å². The number of nitrogens with one attached hydrogen (secondary N) is 1. The molecule has 4 heteroatoms. The van der Waals surface area contributed by atoms with Crippen LogP contribution in [0.3, 0.4) is 0 Å². The first-order chi connectivity index (χ1) is 7.78. The predicted molar refractivity (Wildman–Crippen MR) is 68.5 cm³/mol. The molecule has 0 spiro atoms. The van der Waals surface area contributed by atoms with Gasteiger partial charge in [0.1, 0.15) is 11.6 Å². The van der Waals surface area contributed by atoms with E-state index in [4.69, 9.17) is 0 Å². The van der Waals surface area contributed by atoms with E-state index in [2.05, 4.69) is 43.3 Å². The van der Waals surface area contributed by atoms with E-state index in [0.717, 1.165) is 22.5 Å². The third kappa shape index (κ3) is 2.79. The van der Waals surface area contributed by atoms with Gasteiger partial charge < -0.3 is 5.32 Å². The van der Waals surface area contributed by atoms with E-state index in [0.29, 0.717) is 0 Å². The minimum Gasteiger partial charge on any atom is -0.373 e. The van der Waals surface area contributed by atoms with Gasteiger partial charge in [0.25, 0.3) is 0 Å². The van der Waals surface area contributed by atoms with Gasteiger partial charge in [-0.25, -0.2) is 9.97 Å². The number of nitrogens with zero attached hydrogens (tertiary/aromatic N) is 2. The van der Waals surface area contributed by atoms with Crippen molar-refractivity contribution in [1.29, 1.82) is 0 Å². The lowest BCUT2D eigenvalue weighted by Gasteiger charge is -2.03. The van der Waals surface area contributed by atoms with Gasteiger partial charge >= 0.3 is 0 Å². The molecular weight excluding hydrogens is 266 g/mol. The molecule has 0 amide bonds. The highest BCUT2D eigenvalue weighted by Crippen LogP contribution is 2.14. The fraction of sp³-hybridized carbons (Fsp3) is 0.167. The van der Waals surface area contributed by atoms with Crippen molar-refractivity contribution in [3.63, 3.8) is 0 Å². The van der Waals surface area contributed by atoms with E-state index in [1.807, 2.05) is 25.2 Å². The Hall–Kier alpha value is -1.42. The molecular formula is C12H12BrN3. The van der Waals surface area contributed by atoms with Crippen molar-refractivity contribution in [3.05, 3.63) is 52.4 Å². The summed E-state index contributed by atoms with van der Waals surface area (Å²) in [6.07, 6.45) is 2.51. The molecule has 0 aliphatic rings. The number of benzene rings is 1. The van der Waals surface area contributed by atoms with Crippen LogP contribution in [0, 0.1) is 0 Å². The standard InChI is InChI=1S/C12H12BrN3/c1-14-11-5-6-15-12(16-11)8-9-3-2-4-10(13)7-9/h2-7H,8H2,1H3,(H,14,15,16). The Morgan fingerprint density at radius 3 is 2.94 bits per heavy atom. The Morgan fingerprint density at radius 2 is 2.19 bits per heavy atom. The molecule has 0 saturated carbocycles. The summed E-state index contributed by atoms with van der Waals surface area (Å²) in [5.41, 5.74) is 1.20. The van der Waals surface area contributed by atoms with Crippen LogP contribution in [0.25, 0.3) is 0 Å². The average molecular weight is 278 g/mol. The van der Waals surface area contributed by atoms with Gasteiger partial charge in [0.15, 0.2) is 0 Å². The third-order valence-electron chi connectivity index (χ3n) is 2.21. The van der Waals surface area contributed by atoms with Crippen molar-refractivity contribution in [2.75, 3.05) is 12.4 Å². The minimum absolute atomic E-state index is 0.745. The molecule has 2 aromatic rings. The summed E-state index contributed by atoms with van der Waals surface area (Å²) in [6, 6.07) is 10.0. The van der Waals surface area contributed by atoms with Crippen LogP contribution in [0.1, 0.15) is 11.4 Å². The highest BCUT2D eigenvalue weighted by Gasteiger charge is 2.00. The van der Waals surface area contributed by atoms with E-state index in [1.54, 1.807) is 6.20 Å². The van der Waals surface area contributed by atoms with Gasteiger partial charge in [0.05, 0.1) is 0 Å². The SMILES string of the molecule is CNc1ccnc(Cc2cccc(Br)c2)n1. The monoisotopic (exact) mass is 277 g/mol. The van der Waals surface area contributed by atoms with E-state index >= 15 is 0 Å². The van der Waals surface area contributed by atoms with E-state index in [-0.39, 0.29) is 0 Å². The van der Waals surface area contributed by atoms with Gasteiger partial charge in [-0.05, 0) is 23.8 Å². The van der Waals surface area contributed by atoms with Gasteiger partial charge in [-0.15, -0.1) is 0 Å². The highest BCUT2D eigenvalue weighted by atomic mass is 79.9. The number of halogens is 1. The fourth-order valence-electron chi connectivity index (χ4n) is 1.45. The van der Waals surface area contributed by atoms with Crippen molar-refractivity contribution >= 4 is 21.7 Å². The second-order valence-electron chi connectivity index (χ2n) is 3.41. The number of hydrogen-bond donors (Lipinski definition) is 1. The zero-order valence-electron chi connectivity index (χ0n) is 8.94. The third-order valence-corrected chi connectivity index (χ3v) is 2.71. The molecule has 82 valence electrons. The van der Waals surface area contributed by atoms with Crippen LogP contribution in [0.4, 0.5) is 5.82 Å². The molecule has 1 aromatic heterocycles. The Labute approximate surface area is 103 Å². The predicted octanol–water partition coefficient (Wildman–Crippen LogP) is 2.87. The molecule has 3 nitrogen and oxygen atoms in total. The smallest absolute Gasteiger partial charge is 0.135 e. The molecule has 0 radical (unpaired) electrons. The summed E-state index contributed by atoms with van der Waals surface area (Å²) in [5, 5.41) is 3.00.